The van der Waals surface area contributed by atoms with E-state index in [1.54, 1.807) is 6.07 Å². The minimum absolute atomic E-state index is 0.280. The average Bonchev–Trinajstić information content (AvgIpc) is 2.15. The van der Waals surface area contributed by atoms with Gasteiger partial charge in [0.25, 0.3) is 0 Å². The molecule has 1 rings (SSSR count). The van der Waals surface area contributed by atoms with Crippen LogP contribution in [0.3, 0.4) is 0 Å². The van der Waals surface area contributed by atoms with Crippen molar-refractivity contribution in [1.29, 1.82) is 0 Å². The molecule has 0 amide bonds. The van der Waals surface area contributed by atoms with E-state index in [1.165, 1.54) is 25.1 Å². The summed E-state index contributed by atoms with van der Waals surface area (Å²) >= 11 is 0. The molecule has 0 radical (unpaired) electrons. The third kappa shape index (κ3) is 3.99. The van der Waals surface area contributed by atoms with Crippen LogP contribution in [0.25, 0.3) is 0 Å². The van der Waals surface area contributed by atoms with Crippen LogP contribution in [-0.2, 0) is 6.54 Å². The van der Waals surface area contributed by atoms with Crippen LogP contribution in [0.5, 0.6) is 0 Å². The van der Waals surface area contributed by atoms with Crippen LogP contribution in [0.2, 0.25) is 0 Å². The van der Waals surface area contributed by atoms with Gasteiger partial charge in [0.2, 0.25) is 0 Å². The molecular formula is C10H15FN2. The lowest BCUT2D eigenvalue weighted by Crippen LogP contribution is -2.15. The Labute approximate surface area is 78.2 Å². The zero-order valence-corrected chi connectivity index (χ0v) is 7.89. The van der Waals surface area contributed by atoms with Crippen LogP contribution in [0.15, 0.2) is 18.3 Å². The van der Waals surface area contributed by atoms with Gasteiger partial charge in [0, 0.05) is 6.54 Å². The smallest absolute Gasteiger partial charge is 0.141 e. The van der Waals surface area contributed by atoms with Crippen molar-refractivity contribution in [2.45, 2.75) is 26.3 Å². The number of hydrogen-bond donors (Lipinski definition) is 1. The van der Waals surface area contributed by atoms with Gasteiger partial charge in [0.1, 0.15) is 5.82 Å². The van der Waals surface area contributed by atoms with Crippen molar-refractivity contribution < 1.29 is 4.39 Å². The molecule has 2 nitrogen and oxygen atoms in total. The van der Waals surface area contributed by atoms with E-state index in [4.69, 9.17) is 0 Å². The van der Waals surface area contributed by atoms with Crippen molar-refractivity contribution in [3.05, 3.63) is 29.8 Å². The van der Waals surface area contributed by atoms with Crippen molar-refractivity contribution in [3.63, 3.8) is 0 Å². The predicted molar refractivity (Wildman–Crippen MR) is 50.8 cm³/mol. The zero-order chi connectivity index (χ0) is 9.52. The highest BCUT2D eigenvalue weighted by atomic mass is 19.1. The van der Waals surface area contributed by atoms with Crippen molar-refractivity contribution in [2.75, 3.05) is 6.54 Å². The summed E-state index contributed by atoms with van der Waals surface area (Å²) in [5.41, 5.74) is 0.887. The van der Waals surface area contributed by atoms with E-state index in [-0.39, 0.29) is 5.82 Å². The molecule has 0 aliphatic rings. The third-order valence-electron chi connectivity index (χ3n) is 1.80. The van der Waals surface area contributed by atoms with Crippen LogP contribution in [0, 0.1) is 5.82 Å². The van der Waals surface area contributed by atoms with E-state index in [0.29, 0.717) is 0 Å². The Morgan fingerprint density at radius 1 is 1.46 bits per heavy atom. The van der Waals surface area contributed by atoms with Gasteiger partial charge in [-0.15, -0.1) is 0 Å². The summed E-state index contributed by atoms with van der Waals surface area (Å²) < 4.78 is 12.4. The first-order chi connectivity index (χ1) is 6.33. The Kier molecular flexibility index (Phi) is 4.40. The van der Waals surface area contributed by atoms with Gasteiger partial charge in [-0.05, 0) is 25.1 Å². The summed E-state index contributed by atoms with van der Waals surface area (Å²) in [6.07, 6.45) is 3.60. The van der Waals surface area contributed by atoms with Gasteiger partial charge >= 0.3 is 0 Å². The van der Waals surface area contributed by atoms with Gasteiger partial charge in [-0.1, -0.05) is 13.3 Å². The average molecular weight is 182 g/mol. The summed E-state index contributed by atoms with van der Waals surface area (Å²) in [6, 6.07) is 3.14. The number of unbranched alkanes of at least 4 members (excludes halogenated alkanes) is 1. The summed E-state index contributed by atoms with van der Waals surface area (Å²) in [6.45, 7) is 3.87. The molecule has 1 aromatic heterocycles. The van der Waals surface area contributed by atoms with Gasteiger partial charge in [0.15, 0.2) is 0 Å². The molecule has 0 aromatic carbocycles. The molecule has 0 bridgehead atoms. The molecule has 1 aromatic rings. The molecule has 0 aliphatic carbocycles. The van der Waals surface area contributed by atoms with Gasteiger partial charge in [-0.2, -0.15) is 0 Å². The largest absolute Gasteiger partial charge is 0.311 e. The maximum absolute atomic E-state index is 12.4. The van der Waals surface area contributed by atoms with E-state index in [2.05, 4.69) is 17.2 Å². The minimum Gasteiger partial charge on any atom is -0.311 e. The Morgan fingerprint density at radius 2 is 2.31 bits per heavy atom. The Morgan fingerprint density at radius 3 is 2.92 bits per heavy atom. The fourth-order valence-corrected chi connectivity index (χ4v) is 1.03. The number of rotatable bonds is 5. The topological polar surface area (TPSA) is 24.9 Å². The first kappa shape index (κ1) is 10.1. The van der Waals surface area contributed by atoms with Crippen LogP contribution in [0.4, 0.5) is 4.39 Å². The minimum atomic E-state index is -0.280. The Balaban J connectivity index is 2.25. The van der Waals surface area contributed by atoms with E-state index >= 15 is 0 Å². The summed E-state index contributed by atoms with van der Waals surface area (Å²) in [4.78, 5) is 3.94. The van der Waals surface area contributed by atoms with E-state index < -0.39 is 0 Å². The Hall–Kier alpha value is -0.960. The fourth-order valence-electron chi connectivity index (χ4n) is 1.03. The molecular weight excluding hydrogens is 167 g/mol. The first-order valence-corrected chi connectivity index (χ1v) is 4.64. The maximum Gasteiger partial charge on any atom is 0.141 e. The molecule has 1 N–H and O–H groups in total. The number of hydrogen-bond acceptors (Lipinski definition) is 2. The monoisotopic (exact) mass is 182 g/mol. The zero-order valence-electron chi connectivity index (χ0n) is 7.89. The highest BCUT2D eigenvalue weighted by Gasteiger charge is 1.93. The maximum atomic E-state index is 12.4. The first-order valence-electron chi connectivity index (χ1n) is 4.64. The van der Waals surface area contributed by atoms with Crippen molar-refractivity contribution >= 4 is 0 Å². The summed E-state index contributed by atoms with van der Waals surface area (Å²) in [7, 11) is 0. The van der Waals surface area contributed by atoms with E-state index in [9.17, 15) is 4.39 Å². The number of halogens is 1. The molecule has 72 valence electrons. The molecule has 0 atom stereocenters. The number of nitrogens with one attached hydrogen (secondary N) is 1. The van der Waals surface area contributed by atoms with Gasteiger partial charge in [-0.25, -0.2) is 4.39 Å². The number of aromatic nitrogens is 1. The van der Waals surface area contributed by atoms with Crippen molar-refractivity contribution in [2.24, 2.45) is 0 Å². The van der Waals surface area contributed by atoms with Crippen LogP contribution in [0.1, 0.15) is 25.5 Å². The van der Waals surface area contributed by atoms with Crippen molar-refractivity contribution in [3.8, 4) is 0 Å². The molecule has 0 spiro atoms. The molecule has 0 unspecified atom stereocenters. The summed E-state index contributed by atoms with van der Waals surface area (Å²) in [5.74, 6) is -0.280. The van der Waals surface area contributed by atoms with Crippen molar-refractivity contribution in [1.82, 2.24) is 10.3 Å². The molecule has 0 saturated carbocycles. The molecule has 1 heterocycles. The van der Waals surface area contributed by atoms with Crippen LogP contribution in [-0.4, -0.2) is 11.5 Å². The van der Waals surface area contributed by atoms with Crippen LogP contribution >= 0.6 is 0 Å². The predicted octanol–water partition coefficient (Wildman–Crippen LogP) is 2.11. The molecule has 0 aliphatic heterocycles. The quantitative estimate of drug-likeness (QED) is 0.705. The second kappa shape index (κ2) is 5.65. The fraction of sp³-hybridized carbons (Fsp3) is 0.500. The third-order valence-corrected chi connectivity index (χ3v) is 1.80. The summed E-state index contributed by atoms with van der Waals surface area (Å²) in [5, 5.41) is 3.24. The van der Waals surface area contributed by atoms with Gasteiger partial charge in [0.05, 0.1) is 11.9 Å². The number of pyridine rings is 1. The lowest BCUT2D eigenvalue weighted by molar-refractivity contribution is 0.608. The standard InChI is InChI=1S/C10H15FN2/c1-2-3-6-12-8-10-5-4-9(11)7-13-10/h4-5,7,12H,2-3,6,8H2,1H3. The molecule has 13 heavy (non-hydrogen) atoms. The molecule has 0 fully saturated rings. The number of nitrogens with zero attached hydrogens (tertiary/aromatic N) is 1. The highest BCUT2D eigenvalue weighted by molar-refractivity contribution is 5.04. The normalized spacial score (nSPS) is 10.3. The lowest BCUT2D eigenvalue weighted by Gasteiger charge is -2.02. The molecule has 0 saturated heterocycles. The highest BCUT2D eigenvalue weighted by Crippen LogP contribution is 1.97. The van der Waals surface area contributed by atoms with E-state index in [0.717, 1.165) is 18.8 Å². The second-order valence-electron chi connectivity index (χ2n) is 3.00. The lowest BCUT2D eigenvalue weighted by atomic mass is 10.3. The molecule has 3 heteroatoms. The SMILES string of the molecule is CCCCNCc1ccc(F)cn1. The van der Waals surface area contributed by atoms with Crippen LogP contribution < -0.4 is 5.32 Å². The van der Waals surface area contributed by atoms with Gasteiger partial charge < -0.3 is 5.32 Å². The van der Waals surface area contributed by atoms with Gasteiger partial charge in [-0.3, -0.25) is 4.98 Å². The Bertz CT molecular complexity index is 233. The van der Waals surface area contributed by atoms with E-state index in [1.807, 2.05) is 0 Å². The second-order valence-corrected chi connectivity index (χ2v) is 3.00.